The molecule has 0 aliphatic heterocycles. The van der Waals surface area contributed by atoms with E-state index in [1.54, 1.807) is 12.3 Å². The lowest BCUT2D eigenvalue weighted by Crippen LogP contribution is -2.07. The smallest absolute Gasteiger partial charge is 0.238 e. The topological polar surface area (TPSA) is 68.4 Å². The summed E-state index contributed by atoms with van der Waals surface area (Å²) < 4.78 is 10.4. The zero-order valence-electron chi connectivity index (χ0n) is 9.75. The van der Waals surface area contributed by atoms with Crippen molar-refractivity contribution in [1.29, 1.82) is 0 Å². The minimum atomic E-state index is -0.882. The van der Waals surface area contributed by atoms with Gasteiger partial charge in [-0.05, 0) is 6.07 Å². The second kappa shape index (κ2) is 4.97. The first-order chi connectivity index (χ1) is 8.27. The third kappa shape index (κ3) is 2.14. The van der Waals surface area contributed by atoms with Crippen LogP contribution in [-0.2, 0) is 6.42 Å². The number of hydrogen-bond donors (Lipinski definition) is 1. The van der Waals surface area contributed by atoms with E-state index in [-0.39, 0.29) is 0 Å². The van der Waals surface area contributed by atoms with Crippen molar-refractivity contribution in [3.63, 3.8) is 0 Å². The molecule has 0 aromatic carbocycles. The third-order valence-electron chi connectivity index (χ3n) is 2.54. The molecule has 1 N–H and O–H groups in total. The summed E-state index contributed by atoms with van der Waals surface area (Å²) in [4.78, 5) is 8.11. The molecule has 90 valence electrons. The van der Waals surface area contributed by atoms with Gasteiger partial charge >= 0.3 is 0 Å². The molecule has 5 nitrogen and oxygen atoms in total. The molecule has 2 heterocycles. The van der Waals surface area contributed by atoms with Gasteiger partial charge in [0.2, 0.25) is 5.88 Å². The summed E-state index contributed by atoms with van der Waals surface area (Å²) in [5.74, 6) is 1.06. The second-order valence-corrected chi connectivity index (χ2v) is 3.51. The Morgan fingerprint density at radius 3 is 2.88 bits per heavy atom. The third-order valence-corrected chi connectivity index (χ3v) is 2.54. The number of aryl methyl sites for hydroxylation is 1. The van der Waals surface area contributed by atoms with E-state index in [0.29, 0.717) is 23.6 Å². The minimum Gasteiger partial charge on any atom is -0.480 e. The predicted molar refractivity (Wildman–Crippen MR) is 60.7 cm³/mol. The van der Waals surface area contributed by atoms with Gasteiger partial charge in [0.25, 0.3) is 0 Å². The van der Waals surface area contributed by atoms with Crippen LogP contribution in [0.3, 0.4) is 0 Å². The Morgan fingerprint density at radius 1 is 1.41 bits per heavy atom. The Balaban J connectivity index is 2.40. The molecule has 1 unspecified atom stereocenters. The quantitative estimate of drug-likeness (QED) is 0.872. The molecule has 0 amide bonds. The maximum atomic E-state index is 10.3. The van der Waals surface area contributed by atoms with Crippen molar-refractivity contribution in [2.45, 2.75) is 19.4 Å². The Kier molecular flexibility index (Phi) is 3.39. The van der Waals surface area contributed by atoms with Crippen molar-refractivity contribution in [3.05, 3.63) is 41.7 Å². The number of aliphatic hydroxyl groups is 1. The number of methoxy groups -OCH3 is 1. The zero-order chi connectivity index (χ0) is 12.3. The molecule has 0 bridgehead atoms. The lowest BCUT2D eigenvalue weighted by Gasteiger charge is -2.12. The largest absolute Gasteiger partial charge is 0.480 e. The number of aliphatic hydroxyl groups excluding tert-OH is 1. The molecule has 2 rings (SSSR count). The summed E-state index contributed by atoms with van der Waals surface area (Å²) in [5, 5.41) is 10.3. The lowest BCUT2D eigenvalue weighted by atomic mass is 10.1. The van der Waals surface area contributed by atoms with Crippen molar-refractivity contribution < 1.29 is 14.3 Å². The van der Waals surface area contributed by atoms with Gasteiger partial charge in [-0.2, -0.15) is 0 Å². The van der Waals surface area contributed by atoms with Crippen molar-refractivity contribution >= 4 is 0 Å². The van der Waals surface area contributed by atoms with Crippen LogP contribution >= 0.6 is 0 Å². The number of nitrogens with zero attached hydrogens (tertiary/aromatic N) is 2. The first-order valence-electron chi connectivity index (χ1n) is 5.37. The van der Waals surface area contributed by atoms with Gasteiger partial charge in [-0.3, -0.25) is 4.98 Å². The van der Waals surface area contributed by atoms with E-state index in [4.69, 9.17) is 9.15 Å². The van der Waals surface area contributed by atoms with Crippen LogP contribution in [0.1, 0.15) is 30.0 Å². The van der Waals surface area contributed by atoms with Crippen molar-refractivity contribution in [1.82, 2.24) is 9.97 Å². The number of aromatic nitrogens is 2. The highest BCUT2D eigenvalue weighted by Gasteiger charge is 2.21. The molecule has 2 aromatic heterocycles. The second-order valence-electron chi connectivity index (χ2n) is 3.51. The molecule has 0 saturated heterocycles. The monoisotopic (exact) mass is 234 g/mol. The van der Waals surface area contributed by atoms with Gasteiger partial charge in [0.15, 0.2) is 0 Å². The van der Waals surface area contributed by atoms with E-state index in [1.807, 2.05) is 6.92 Å². The van der Waals surface area contributed by atoms with Crippen LogP contribution in [0.2, 0.25) is 0 Å². The number of hydrogen-bond acceptors (Lipinski definition) is 5. The Bertz CT molecular complexity index is 496. The molecule has 0 saturated carbocycles. The summed E-state index contributed by atoms with van der Waals surface area (Å²) in [6.45, 7) is 1.96. The molecular weight excluding hydrogens is 220 g/mol. The Morgan fingerprint density at radius 2 is 2.18 bits per heavy atom. The van der Waals surface area contributed by atoms with Gasteiger partial charge in [-0.15, -0.1) is 0 Å². The van der Waals surface area contributed by atoms with Gasteiger partial charge in [0.1, 0.15) is 17.6 Å². The van der Waals surface area contributed by atoms with Gasteiger partial charge in [0, 0.05) is 24.4 Å². The summed E-state index contributed by atoms with van der Waals surface area (Å²) in [7, 11) is 1.50. The van der Waals surface area contributed by atoms with Crippen molar-refractivity contribution in [2.75, 3.05) is 7.11 Å². The predicted octanol–water partition coefficient (Wildman–Crippen LogP) is 1.72. The standard InChI is InChI=1S/C12H14N2O3/c1-3-9-8(4-7-17-9)11(15)10-12(16-2)14-6-5-13-10/h4-7,11,15H,3H2,1-2H3. The number of furan rings is 1. The van der Waals surface area contributed by atoms with Crippen LogP contribution in [-0.4, -0.2) is 22.2 Å². The van der Waals surface area contributed by atoms with Crippen LogP contribution in [0.25, 0.3) is 0 Å². The highest BCUT2D eigenvalue weighted by molar-refractivity contribution is 5.32. The van der Waals surface area contributed by atoms with Crippen LogP contribution < -0.4 is 4.74 Å². The fourth-order valence-corrected chi connectivity index (χ4v) is 1.71. The molecule has 1 atom stereocenters. The van der Waals surface area contributed by atoms with E-state index in [0.717, 1.165) is 5.76 Å². The lowest BCUT2D eigenvalue weighted by molar-refractivity contribution is 0.205. The van der Waals surface area contributed by atoms with E-state index < -0.39 is 6.10 Å². The van der Waals surface area contributed by atoms with Crippen molar-refractivity contribution in [2.24, 2.45) is 0 Å². The summed E-state index contributed by atoms with van der Waals surface area (Å²) in [5.41, 5.74) is 1.09. The normalized spacial score (nSPS) is 12.4. The van der Waals surface area contributed by atoms with Crippen LogP contribution in [0.4, 0.5) is 0 Å². The maximum absolute atomic E-state index is 10.3. The van der Waals surface area contributed by atoms with Crippen LogP contribution in [0.15, 0.2) is 29.1 Å². The SMILES string of the molecule is CCc1occc1C(O)c1nccnc1OC. The molecule has 5 heteroatoms. The van der Waals surface area contributed by atoms with Gasteiger partial charge < -0.3 is 14.3 Å². The summed E-state index contributed by atoms with van der Waals surface area (Å²) in [6.07, 6.45) is 4.42. The summed E-state index contributed by atoms with van der Waals surface area (Å²) in [6, 6.07) is 1.73. The average molecular weight is 234 g/mol. The highest BCUT2D eigenvalue weighted by Crippen LogP contribution is 2.29. The first-order valence-corrected chi connectivity index (χ1v) is 5.37. The molecule has 0 fully saturated rings. The number of ether oxygens (including phenoxy) is 1. The molecule has 0 radical (unpaired) electrons. The fourth-order valence-electron chi connectivity index (χ4n) is 1.71. The van der Waals surface area contributed by atoms with E-state index in [2.05, 4.69) is 9.97 Å². The molecule has 0 spiro atoms. The molecule has 2 aromatic rings. The average Bonchev–Trinajstić information content (AvgIpc) is 2.86. The van der Waals surface area contributed by atoms with Gasteiger partial charge in [-0.25, -0.2) is 4.98 Å². The van der Waals surface area contributed by atoms with Crippen LogP contribution in [0, 0.1) is 0 Å². The first kappa shape index (κ1) is 11.6. The van der Waals surface area contributed by atoms with E-state index in [9.17, 15) is 5.11 Å². The highest BCUT2D eigenvalue weighted by atomic mass is 16.5. The van der Waals surface area contributed by atoms with E-state index in [1.165, 1.54) is 19.5 Å². The van der Waals surface area contributed by atoms with Gasteiger partial charge in [-0.1, -0.05) is 6.92 Å². The molecular formula is C12H14N2O3. The summed E-state index contributed by atoms with van der Waals surface area (Å²) >= 11 is 0. The maximum Gasteiger partial charge on any atom is 0.238 e. The Labute approximate surface area is 99.1 Å². The molecule has 0 aliphatic rings. The molecule has 17 heavy (non-hydrogen) atoms. The fraction of sp³-hybridized carbons (Fsp3) is 0.333. The minimum absolute atomic E-state index is 0.322. The number of rotatable bonds is 4. The van der Waals surface area contributed by atoms with E-state index >= 15 is 0 Å². The van der Waals surface area contributed by atoms with Crippen molar-refractivity contribution in [3.8, 4) is 5.88 Å². The van der Waals surface area contributed by atoms with Crippen LogP contribution in [0.5, 0.6) is 5.88 Å². The Hall–Kier alpha value is -1.88. The zero-order valence-corrected chi connectivity index (χ0v) is 9.75. The molecule has 0 aliphatic carbocycles. The van der Waals surface area contributed by atoms with Gasteiger partial charge in [0.05, 0.1) is 13.4 Å².